The first kappa shape index (κ1) is 18.0. The van der Waals surface area contributed by atoms with Gasteiger partial charge in [0.25, 0.3) is 0 Å². The summed E-state index contributed by atoms with van der Waals surface area (Å²) in [6.07, 6.45) is -1.37. The van der Waals surface area contributed by atoms with Crippen molar-refractivity contribution >= 4 is 17.3 Å². The van der Waals surface area contributed by atoms with Crippen LogP contribution in [0.2, 0.25) is 0 Å². The minimum Gasteiger partial charge on any atom is -0.378 e. The SMILES string of the molecule is C=CC(=O)N(C)c1ccc2c(c1)CCC2Nc1ccc(C(F)(F)F)cc1. The molecule has 1 atom stereocenters. The minimum absolute atomic E-state index is 0.0381. The fraction of sp³-hybridized carbons (Fsp3) is 0.250. The van der Waals surface area contributed by atoms with E-state index in [-0.39, 0.29) is 11.9 Å². The summed E-state index contributed by atoms with van der Waals surface area (Å²) in [7, 11) is 1.69. The van der Waals surface area contributed by atoms with Gasteiger partial charge in [0.15, 0.2) is 0 Å². The highest BCUT2D eigenvalue weighted by atomic mass is 19.4. The van der Waals surface area contributed by atoms with E-state index in [2.05, 4.69) is 11.9 Å². The first-order valence-corrected chi connectivity index (χ1v) is 8.26. The summed E-state index contributed by atoms with van der Waals surface area (Å²) in [4.78, 5) is 13.3. The van der Waals surface area contributed by atoms with Crippen molar-refractivity contribution in [3.63, 3.8) is 0 Å². The van der Waals surface area contributed by atoms with Crippen LogP contribution in [0.1, 0.15) is 29.2 Å². The van der Waals surface area contributed by atoms with Gasteiger partial charge in [0.2, 0.25) is 5.91 Å². The summed E-state index contributed by atoms with van der Waals surface area (Å²) in [6, 6.07) is 10.9. The summed E-state index contributed by atoms with van der Waals surface area (Å²) in [5.41, 5.74) is 3.03. The Morgan fingerprint density at radius 2 is 1.92 bits per heavy atom. The molecule has 0 aromatic heterocycles. The standard InChI is InChI=1S/C20H19F3N2O/c1-3-19(26)25(2)16-9-10-17-13(12-16)4-11-18(17)24-15-7-5-14(6-8-15)20(21,22)23/h3,5-10,12,18,24H,1,4,11H2,2H3. The van der Waals surface area contributed by atoms with Crippen molar-refractivity contribution in [2.75, 3.05) is 17.3 Å². The number of amides is 1. The molecule has 3 nitrogen and oxygen atoms in total. The number of nitrogens with zero attached hydrogens (tertiary/aromatic N) is 1. The molecule has 0 radical (unpaired) electrons. The predicted octanol–water partition coefficient (Wildman–Crippen LogP) is 4.95. The minimum atomic E-state index is -4.33. The summed E-state index contributed by atoms with van der Waals surface area (Å²) in [5.74, 6) is -0.178. The lowest BCUT2D eigenvalue weighted by Gasteiger charge is -2.19. The molecule has 2 aromatic carbocycles. The van der Waals surface area contributed by atoms with E-state index < -0.39 is 11.7 Å². The fourth-order valence-electron chi connectivity index (χ4n) is 3.18. The van der Waals surface area contributed by atoms with Gasteiger partial charge in [-0.3, -0.25) is 4.79 Å². The molecule has 0 saturated carbocycles. The lowest BCUT2D eigenvalue weighted by Crippen LogP contribution is -2.23. The number of carbonyl (C=O) groups is 1. The van der Waals surface area contributed by atoms with Gasteiger partial charge >= 0.3 is 6.18 Å². The second-order valence-corrected chi connectivity index (χ2v) is 6.30. The average molecular weight is 360 g/mol. The topological polar surface area (TPSA) is 32.3 Å². The molecule has 0 heterocycles. The Morgan fingerprint density at radius 1 is 1.23 bits per heavy atom. The maximum atomic E-state index is 12.7. The molecule has 1 unspecified atom stereocenters. The second-order valence-electron chi connectivity index (χ2n) is 6.30. The van der Waals surface area contributed by atoms with E-state index in [0.29, 0.717) is 5.69 Å². The first-order chi connectivity index (χ1) is 12.3. The molecule has 0 saturated heterocycles. The van der Waals surface area contributed by atoms with Gasteiger partial charge in [-0.2, -0.15) is 13.2 Å². The molecule has 0 bridgehead atoms. The van der Waals surface area contributed by atoms with Gasteiger partial charge in [-0.15, -0.1) is 0 Å². The number of halogens is 3. The predicted molar refractivity (Wildman–Crippen MR) is 96.2 cm³/mol. The van der Waals surface area contributed by atoms with E-state index in [0.717, 1.165) is 41.8 Å². The summed E-state index contributed by atoms with van der Waals surface area (Å²) < 4.78 is 38.0. The lowest BCUT2D eigenvalue weighted by molar-refractivity contribution is -0.137. The number of hydrogen-bond acceptors (Lipinski definition) is 2. The van der Waals surface area contributed by atoms with Crippen molar-refractivity contribution in [2.24, 2.45) is 0 Å². The van der Waals surface area contributed by atoms with Crippen molar-refractivity contribution in [3.05, 3.63) is 71.8 Å². The van der Waals surface area contributed by atoms with Gasteiger partial charge in [-0.1, -0.05) is 12.6 Å². The Kier molecular flexibility index (Phi) is 4.76. The molecule has 1 aliphatic rings. The van der Waals surface area contributed by atoms with Crippen LogP contribution in [0.5, 0.6) is 0 Å². The summed E-state index contributed by atoms with van der Waals surface area (Å²) >= 11 is 0. The molecule has 0 spiro atoms. The maximum Gasteiger partial charge on any atom is 0.416 e. The van der Waals surface area contributed by atoms with Gasteiger partial charge in [0.1, 0.15) is 0 Å². The molecule has 3 rings (SSSR count). The van der Waals surface area contributed by atoms with Crippen molar-refractivity contribution < 1.29 is 18.0 Å². The zero-order chi connectivity index (χ0) is 18.9. The fourth-order valence-corrected chi connectivity index (χ4v) is 3.18. The molecule has 1 aliphatic carbocycles. The number of nitrogens with one attached hydrogen (secondary N) is 1. The van der Waals surface area contributed by atoms with Crippen LogP contribution in [-0.2, 0) is 17.4 Å². The van der Waals surface area contributed by atoms with Gasteiger partial charge in [0, 0.05) is 18.4 Å². The number of benzene rings is 2. The van der Waals surface area contributed by atoms with Crippen molar-refractivity contribution in [2.45, 2.75) is 25.1 Å². The zero-order valence-corrected chi connectivity index (χ0v) is 14.3. The Bertz CT molecular complexity index is 828. The average Bonchev–Trinajstić information content (AvgIpc) is 3.02. The van der Waals surface area contributed by atoms with Crippen LogP contribution in [0, 0.1) is 0 Å². The molecular weight excluding hydrogens is 341 g/mol. The normalized spacial score (nSPS) is 16.1. The number of rotatable bonds is 4. The first-order valence-electron chi connectivity index (χ1n) is 8.26. The van der Waals surface area contributed by atoms with Crippen LogP contribution in [0.15, 0.2) is 55.1 Å². The molecule has 2 aromatic rings. The smallest absolute Gasteiger partial charge is 0.378 e. The number of hydrogen-bond donors (Lipinski definition) is 1. The van der Waals surface area contributed by atoms with Gasteiger partial charge in [-0.25, -0.2) is 0 Å². The van der Waals surface area contributed by atoms with Crippen molar-refractivity contribution in [1.29, 1.82) is 0 Å². The maximum absolute atomic E-state index is 12.7. The van der Waals surface area contributed by atoms with Crippen molar-refractivity contribution in [1.82, 2.24) is 0 Å². The van der Waals surface area contributed by atoms with Crippen LogP contribution < -0.4 is 10.2 Å². The largest absolute Gasteiger partial charge is 0.416 e. The van der Waals surface area contributed by atoms with Crippen LogP contribution in [0.4, 0.5) is 24.5 Å². The molecule has 1 amide bonds. The van der Waals surface area contributed by atoms with E-state index >= 15 is 0 Å². The Labute approximate surface area is 150 Å². The number of anilines is 2. The number of carbonyl (C=O) groups excluding carboxylic acids is 1. The Morgan fingerprint density at radius 3 is 2.54 bits per heavy atom. The quantitative estimate of drug-likeness (QED) is 0.782. The second kappa shape index (κ2) is 6.86. The highest BCUT2D eigenvalue weighted by Gasteiger charge is 2.30. The summed E-state index contributed by atoms with van der Waals surface area (Å²) in [6.45, 7) is 3.49. The van der Waals surface area contributed by atoms with E-state index in [9.17, 15) is 18.0 Å². The third-order valence-corrected chi connectivity index (χ3v) is 4.65. The molecule has 6 heteroatoms. The lowest BCUT2D eigenvalue weighted by atomic mass is 10.1. The van der Waals surface area contributed by atoms with E-state index in [4.69, 9.17) is 0 Å². The third kappa shape index (κ3) is 3.59. The summed E-state index contributed by atoms with van der Waals surface area (Å²) in [5, 5.41) is 3.29. The number of likely N-dealkylation sites (N-methyl/N-ethyl adjacent to an activating group) is 1. The van der Waals surface area contributed by atoms with E-state index in [1.165, 1.54) is 23.1 Å². The molecule has 26 heavy (non-hydrogen) atoms. The molecule has 1 N–H and O–H groups in total. The molecule has 0 aliphatic heterocycles. The van der Waals surface area contributed by atoms with Crippen LogP contribution in [-0.4, -0.2) is 13.0 Å². The monoisotopic (exact) mass is 360 g/mol. The number of aryl methyl sites for hydroxylation is 1. The Hall–Kier alpha value is -2.76. The number of alkyl halides is 3. The van der Waals surface area contributed by atoms with E-state index in [1.54, 1.807) is 7.05 Å². The number of fused-ring (bicyclic) bond motifs is 1. The molecular formula is C20H19F3N2O. The highest BCUT2D eigenvalue weighted by Crippen LogP contribution is 2.36. The molecule has 0 fully saturated rings. The third-order valence-electron chi connectivity index (χ3n) is 4.65. The zero-order valence-electron chi connectivity index (χ0n) is 14.3. The van der Waals surface area contributed by atoms with Crippen LogP contribution in [0.3, 0.4) is 0 Å². The van der Waals surface area contributed by atoms with Gasteiger partial charge < -0.3 is 10.2 Å². The van der Waals surface area contributed by atoms with E-state index in [1.807, 2.05) is 18.2 Å². The Balaban J connectivity index is 1.76. The molecule has 136 valence electrons. The van der Waals surface area contributed by atoms with Gasteiger partial charge in [0.05, 0.1) is 11.6 Å². The van der Waals surface area contributed by atoms with Crippen LogP contribution >= 0.6 is 0 Å². The van der Waals surface area contributed by atoms with Crippen LogP contribution in [0.25, 0.3) is 0 Å². The van der Waals surface area contributed by atoms with Gasteiger partial charge in [-0.05, 0) is 66.4 Å². The highest BCUT2D eigenvalue weighted by molar-refractivity contribution is 6.00. The van der Waals surface area contributed by atoms with Crippen molar-refractivity contribution in [3.8, 4) is 0 Å².